The largest absolute Gasteiger partial charge is 0.323 e. The molecule has 0 atom stereocenters. The van der Waals surface area contributed by atoms with Crippen molar-refractivity contribution in [3.05, 3.63) is 24.3 Å². The van der Waals surface area contributed by atoms with Gasteiger partial charge in [0.25, 0.3) is 0 Å². The maximum Gasteiger partial charge on any atom is 0.245 e. The van der Waals surface area contributed by atoms with Gasteiger partial charge in [0.05, 0.1) is 5.69 Å². The minimum absolute atomic E-state index is 0.151. The van der Waals surface area contributed by atoms with Crippen molar-refractivity contribution in [1.29, 1.82) is 0 Å². The maximum atomic E-state index is 12.8. The lowest BCUT2D eigenvalue weighted by Crippen LogP contribution is -2.36. The molecular formula is C13H21N3O2S. The van der Waals surface area contributed by atoms with Crippen LogP contribution in [0.25, 0.3) is 0 Å². The van der Waals surface area contributed by atoms with E-state index >= 15 is 0 Å². The third-order valence-electron chi connectivity index (χ3n) is 3.13. The van der Waals surface area contributed by atoms with E-state index in [1.165, 1.54) is 0 Å². The minimum Gasteiger partial charge on any atom is -0.323 e. The summed E-state index contributed by atoms with van der Waals surface area (Å²) in [6.45, 7) is 4.60. The number of sulfonamides is 1. The quantitative estimate of drug-likeness (QED) is 0.616. The van der Waals surface area contributed by atoms with Crippen LogP contribution in [0.5, 0.6) is 0 Å². The molecule has 1 aliphatic carbocycles. The second kappa shape index (κ2) is 5.48. The summed E-state index contributed by atoms with van der Waals surface area (Å²) in [6.07, 6.45) is 1.90. The molecule has 0 bridgehead atoms. The van der Waals surface area contributed by atoms with Crippen molar-refractivity contribution < 1.29 is 8.42 Å². The number of nitrogens with zero attached hydrogens (tertiary/aromatic N) is 1. The fourth-order valence-electron chi connectivity index (χ4n) is 2.10. The predicted molar refractivity (Wildman–Crippen MR) is 76.0 cm³/mol. The number of benzene rings is 1. The lowest BCUT2D eigenvalue weighted by atomic mass is 10.2. The van der Waals surface area contributed by atoms with Crippen molar-refractivity contribution in [2.24, 2.45) is 11.8 Å². The second-order valence-electron chi connectivity index (χ2n) is 5.34. The molecule has 0 heterocycles. The minimum atomic E-state index is -3.48. The number of nitrogens with one attached hydrogen (secondary N) is 1. The summed E-state index contributed by atoms with van der Waals surface area (Å²) in [5, 5.41) is 0. The Hall–Kier alpha value is -1.11. The van der Waals surface area contributed by atoms with Gasteiger partial charge in [0.15, 0.2) is 0 Å². The summed E-state index contributed by atoms with van der Waals surface area (Å²) in [5.74, 6) is 5.71. The summed E-state index contributed by atoms with van der Waals surface area (Å²) in [5.41, 5.74) is 2.90. The van der Waals surface area contributed by atoms with Crippen molar-refractivity contribution in [1.82, 2.24) is 4.31 Å². The van der Waals surface area contributed by atoms with E-state index < -0.39 is 10.0 Å². The summed E-state index contributed by atoms with van der Waals surface area (Å²) in [4.78, 5) is 0.255. The van der Waals surface area contributed by atoms with E-state index in [1.807, 2.05) is 13.8 Å². The Morgan fingerprint density at radius 1 is 1.37 bits per heavy atom. The molecule has 0 saturated heterocycles. The van der Waals surface area contributed by atoms with Crippen LogP contribution in [0.3, 0.4) is 0 Å². The van der Waals surface area contributed by atoms with Gasteiger partial charge in [-0.25, -0.2) is 8.42 Å². The van der Waals surface area contributed by atoms with Gasteiger partial charge >= 0.3 is 0 Å². The Balaban J connectivity index is 2.39. The molecule has 0 amide bonds. The highest BCUT2D eigenvalue weighted by atomic mass is 32.2. The van der Waals surface area contributed by atoms with E-state index in [0.29, 0.717) is 18.2 Å². The number of para-hydroxylation sites is 1. The number of rotatable bonds is 6. The molecule has 1 aromatic rings. The van der Waals surface area contributed by atoms with E-state index in [2.05, 4.69) is 5.43 Å². The Kier molecular flexibility index (Phi) is 4.13. The smallest absolute Gasteiger partial charge is 0.245 e. The lowest BCUT2D eigenvalue weighted by molar-refractivity contribution is 0.360. The molecular weight excluding hydrogens is 262 g/mol. The third kappa shape index (κ3) is 3.08. The number of hydrazine groups is 1. The zero-order chi connectivity index (χ0) is 14.0. The number of nitrogens with two attached hydrogens (primary N) is 1. The monoisotopic (exact) mass is 283 g/mol. The van der Waals surface area contributed by atoms with E-state index in [4.69, 9.17) is 5.84 Å². The average molecular weight is 283 g/mol. The highest BCUT2D eigenvalue weighted by Crippen LogP contribution is 2.34. The Labute approximate surface area is 114 Å². The van der Waals surface area contributed by atoms with Crippen molar-refractivity contribution in [3.8, 4) is 0 Å². The number of hydrogen-bond donors (Lipinski definition) is 2. The molecule has 0 spiro atoms. The summed E-state index contributed by atoms with van der Waals surface area (Å²) >= 11 is 0. The summed E-state index contributed by atoms with van der Waals surface area (Å²) in [6, 6.07) is 6.90. The molecule has 1 aliphatic rings. The molecule has 1 saturated carbocycles. The first kappa shape index (κ1) is 14.3. The van der Waals surface area contributed by atoms with Crippen LogP contribution in [-0.2, 0) is 10.0 Å². The van der Waals surface area contributed by atoms with Gasteiger partial charge in [0.1, 0.15) is 4.90 Å². The second-order valence-corrected chi connectivity index (χ2v) is 7.20. The first-order valence-electron chi connectivity index (χ1n) is 6.54. The van der Waals surface area contributed by atoms with Crippen molar-refractivity contribution in [3.63, 3.8) is 0 Å². The fourth-order valence-corrected chi connectivity index (χ4v) is 4.11. The fraction of sp³-hybridized carbons (Fsp3) is 0.538. The van der Waals surface area contributed by atoms with Crippen LogP contribution in [0.2, 0.25) is 0 Å². The molecule has 0 radical (unpaired) electrons. The molecule has 0 aliphatic heterocycles. The third-order valence-corrected chi connectivity index (χ3v) is 5.10. The molecule has 6 heteroatoms. The van der Waals surface area contributed by atoms with Gasteiger partial charge in [0, 0.05) is 12.6 Å². The zero-order valence-electron chi connectivity index (χ0n) is 11.3. The summed E-state index contributed by atoms with van der Waals surface area (Å²) in [7, 11) is -3.48. The number of anilines is 1. The van der Waals surface area contributed by atoms with Crippen LogP contribution in [0.1, 0.15) is 26.7 Å². The Morgan fingerprint density at radius 2 is 2.00 bits per heavy atom. The van der Waals surface area contributed by atoms with Crippen LogP contribution in [0.15, 0.2) is 29.2 Å². The maximum absolute atomic E-state index is 12.8. The number of nitrogen functional groups attached to an aromatic ring is 1. The first-order chi connectivity index (χ1) is 8.96. The predicted octanol–water partition coefficient (Wildman–Crippen LogP) is 1.78. The van der Waals surface area contributed by atoms with Crippen molar-refractivity contribution in [2.45, 2.75) is 37.6 Å². The SMILES string of the molecule is CC(C)CN(C1CC1)S(=O)(=O)c1ccccc1NN. The van der Waals surface area contributed by atoms with Crippen LogP contribution < -0.4 is 11.3 Å². The average Bonchev–Trinajstić information content (AvgIpc) is 3.19. The molecule has 19 heavy (non-hydrogen) atoms. The molecule has 1 fully saturated rings. The van der Waals surface area contributed by atoms with E-state index in [-0.39, 0.29) is 10.9 Å². The van der Waals surface area contributed by atoms with Gasteiger partial charge in [0.2, 0.25) is 10.0 Å². The highest BCUT2D eigenvalue weighted by Gasteiger charge is 2.39. The molecule has 3 N–H and O–H groups in total. The summed E-state index contributed by atoms with van der Waals surface area (Å²) < 4.78 is 27.1. The Bertz CT molecular complexity index is 539. The normalized spacial score (nSPS) is 16.1. The molecule has 0 aromatic heterocycles. The van der Waals surface area contributed by atoms with E-state index in [0.717, 1.165) is 12.8 Å². The van der Waals surface area contributed by atoms with Gasteiger partial charge in [-0.1, -0.05) is 26.0 Å². The van der Waals surface area contributed by atoms with E-state index in [9.17, 15) is 8.42 Å². The van der Waals surface area contributed by atoms with Crippen LogP contribution in [0, 0.1) is 5.92 Å². The van der Waals surface area contributed by atoms with Gasteiger partial charge < -0.3 is 5.43 Å². The topological polar surface area (TPSA) is 75.4 Å². The van der Waals surface area contributed by atoms with Crippen LogP contribution in [0.4, 0.5) is 5.69 Å². The molecule has 5 nitrogen and oxygen atoms in total. The van der Waals surface area contributed by atoms with E-state index in [1.54, 1.807) is 28.6 Å². The lowest BCUT2D eigenvalue weighted by Gasteiger charge is -2.24. The van der Waals surface area contributed by atoms with Gasteiger partial charge in [-0.05, 0) is 30.9 Å². The Morgan fingerprint density at radius 3 is 2.53 bits per heavy atom. The molecule has 2 rings (SSSR count). The van der Waals surface area contributed by atoms with Crippen LogP contribution >= 0.6 is 0 Å². The first-order valence-corrected chi connectivity index (χ1v) is 7.98. The standard InChI is InChI=1S/C13H21N3O2S/c1-10(2)9-16(11-7-8-11)19(17,18)13-6-4-3-5-12(13)15-14/h3-6,10-11,15H,7-9,14H2,1-2H3. The molecule has 1 aromatic carbocycles. The van der Waals surface area contributed by atoms with Gasteiger partial charge in [-0.3, -0.25) is 5.84 Å². The van der Waals surface area contributed by atoms with Gasteiger partial charge in [-0.15, -0.1) is 0 Å². The van der Waals surface area contributed by atoms with Crippen molar-refractivity contribution in [2.75, 3.05) is 12.0 Å². The van der Waals surface area contributed by atoms with Gasteiger partial charge in [-0.2, -0.15) is 4.31 Å². The number of hydrogen-bond acceptors (Lipinski definition) is 4. The van der Waals surface area contributed by atoms with Crippen molar-refractivity contribution >= 4 is 15.7 Å². The zero-order valence-corrected chi connectivity index (χ0v) is 12.2. The molecule has 106 valence electrons. The molecule has 0 unspecified atom stereocenters. The highest BCUT2D eigenvalue weighted by molar-refractivity contribution is 7.89. The van der Waals surface area contributed by atoms with Crippen LogP contribution in [-0.4, -0.2) is 25.3 Å².